The number of imidazole rings is 1. The molecule has 42 heavy (non-hydrogen) atoms. The molecule has 4 heterocycles. The minimum absolute atomic E-state index is 0.0549. The average Bonchev–Trinajstić information content (AvgIpc) is 3.60. The number of anilines is 1. The molecule has 4 atom stereocenters. The minimum Gasteiger partial charge on any atom is -0.435 e. The zero-order valence-corrected chi connectivity index (χ0v) is 23.4. The molecule has 1 aliphatic heterocycles. The van der Waals surface area contributed by atoms with E-state index in [1.165, 1.54) is 6.07 Å². The number of nitrogens with zero attached hydrogens (tertiary/aromatic N) is 5. The van der Waals surface area contributed by atoms with Gasteiger partial charge in [0, 0.05) is 72.5 Å². The molecule has 8 nitrogen and oxygen atoms in total. The normalized spacial score (nSPS) is 23.3. The van der Waals surface area contributed by atoms with Crippen molar-refractivity contribution >= 4 is 23.2 Å². The number of ketones is 2. The summed E-state index contributed by atoms with van der Waals surface area (Å²) in [5.74, 6) is 1.40. The molecule has 2 aliphatic carbocycles. The quantitative estimate of drug-likeness (QED) is 0.277. The highest BCUT2D eigenvalue weighted by Gasteiger charge is 2.46. The number of carbonyl (C=O) groups excluding carboxylic acids is 2. The monoisotopic (exact) mass is 571 g/mol. The number of hydrogen-bond donors (Lipinski definition) is 0. The maximum Gasteiger partial charge on any atom is 0.387 e. The van der Waals surface area contributed by atoms with Crippen LogP contribution in [0, 0.1) is 23.7 Å². The summed E-state index contributed by atoms with van der Waals surface area (Å²) >= 11 is 0. The molecule has 0 spiro atoms. The van der Waals surface area contributed by atoms with E-state index < -0.39 is 12.5 Å². The highest BCUT2D eigenvalue weighted by Crippen LogP contribution is 2.45. The highest BCUT2D eigenvalue weighted by molar-refractivity contribution is 6.00. The molecule has 0 amide bonds. The van der Waals surface area contributed by atoms with Crippen LogP contribution < -0.4 is 9.64 Å². The Kier molecular flexibility index (Phi) is 6.51. The number of fused-ring (bicyclic) bond motifs is 5. The lowest BCUT2D eigenvalue weighted by molar-refractivity contribution is -0.128. The fourth-order valence-corrected chi connectivity index (χ4v) is 7.25. The molecule has 7 rings (SSSR count). The molecule has 216 valence electrons. The predicted molar refractivity (Wildman–Crippen MR) is 152 cm³/mol. The second-order valence-corrected chi connectivity index (χ2v) is 11.9. The Morgan fingerprint density at radius 3 is 2.40 bits per heavy atom. The molecule has 1 aromatic carbocycles. The third kappa shape index (κ3) is 4.44. The summed E-state index contributed by atoms with van der Waals surface area (Å²) < 4.78 is 32.9. The first-order valence-corrected chi connectivity index (χ1v) is 14.5. The number of halogens is 2. The number of rotatable bonds is 7. The van der Waals surface area contributed by atoms with E-state index in [0.29, 0.717) is 46.2 Å². The van der Waals surface area contributed by atoms with Gasteiger partial charge in [0.05, 0.1) is 5.69 Å². The topological polar surface area (TPSA) is 89.7 Å². The SMILES string of the molecule is CC(C)C(=O)C1[C@@H]2CC[C@H]1CN(c1ncc(-c3ccc4nc5c(n4c3)[C@@H](c3ccccc3OC(F)F)CC5=O)cn1)C2. The molecule has 0 N–H and O–H groups in total. The average molecular weight is 572 g/mol. The Balaban J connectivity index is 1.17. The van der Waals surface area contributed by atoms with Crippen molar-refractivity contribution in [1.82, 2.24) is 19.4 Å². The lowest BCUT2D eigenvalue weighted by atomic mass is 9.78. The first-order chi connectivity index (χ1) is 20.3. The number of hydrogen-bond acceptors (Lipinski definition) is 7. The second-order valence-electron chi connectivity index (χ2n) is 11.9. The van der Waals surface area contributed by atoms with Crippen LogP contribution in [0.25, 0.3) is 16.8 Å². The van der Waals surface area contributed by atoms with Gasteiger partial charge >= 0.3 is 6.61 Å². The van der Waals surface area contributed by atoms with E-state index in [1.807, 2.05) is 36.6 Å². The Hall–Kier alpha value is -4.21. The van der Waals surface area contributed by atoms with Gasteiger partial charge in [-0.2, -0.15) is 8.78 Å². The molecule has 4 aromatic rings. The molecule has 10 heteroatoms. The lowest BCUT2D eigenvalue weighted by Crippen LogP contribution is -2.46. The van der Waals surface area contributed by atoms with Gasteiger partial charge in [-0.05, 0) is 42.9 Å². The number of piperidine rings is 1. The number of Topliss-reactive ketones (excluding diaryl/α,β-unsaturated/α-hetero) is 2. The van der Waals surface area contributed by atoms with E-state index in [0.717, 1.165) is 37.1 Å². The Bertz CT molecular complexity index is 1670. The van der Waals surface area contributed by atoms with Crippen LogP contribution in [0.15, 0.2) is 55.0 Å². The first-order valence-electron chi connectivity index (χ1n) is 14.5. The maximum atomic E-state index is 13.1. The molecule has 0 radical (unpaired) electrons. The largest absolute Gasteiger partial charge is 0.435 e. The predicted octanol–water partition coefficient (Wildman–Crippen LogP) is 5.80. The van der Waals surface area contributed by atoms with E-state index in [9.17, 15) is 18.4 Å². The van der Waals surface area contributed by atoms with Crippen molar-refractivity contribution in [2.45, 2.75) is 45.6 Å². The van der Waals surface area contributed by atoms with Crippen LogP contribution in [-0.2, 0) is 4.79 Å². The van der Waals surface area contributed by atoms with Crippen LogP contribution in [0.2, 0.25) is 0 Å². The van der Waals surface area contributed by atoms with E-state index in [4.69, 9.17) is 14.7 Å². The summed E-state index contributed by atoms with van der Waals surface area (Å²) in [6.07, 6.45) is 7.75. The third-order valence-corrected chi connectivity index (χ3v) is 9.14. The number of alkyl halides is 2. The minimum atomic E-state index is -2.97. The van der Waals surface area contributed by atoms with Gasteiger partial charge in [-0.1, -0.05) is 32.0 Å². The number of pyridine rings is 1. The van der Waals surface area contributed by atoms with Crippen LogP contribution in [0.3, 0.4) is 0 Å². The summed E-state index contributed by atoms with van der Waals surface area (Å²) in [5.41, 5.74) is 3.78. The van der Waals surface area contributed by atoms with Gasteiger partial charge in [0.1, 0.15) is 22.9 Å². The van der Waals surface area contributed by atoms with Crippen molar-refractivity contribution in [3.05, 3.63) is 71.9 Å². The van der Waals surface area contributed by atoms with E-state index >= 15 is 0 Å². The van der Waals surface area contributed by atoms with Crippen molar-refractivity contribution in [1.29, 1.82) is 0 Å². The molecule has 2 bridgehead atoms. The summed E-state index contributed by atoms with van der Waals surface area (Å²) in [4.78, 5) is 41.9. The molecule has 3 aliphatic rings. The van der Waals surface area contributed by atoms with Crippen molar-refractivity contribution < 1.29 is 23.1 Å². The molecule has 3 aromatic heterocycles. The first kappa shape index (κ1) is 26.7. The van der Waals surface area contributed by atoms with Gasteiger partial charge < -0.3 is 14.0 Å². The Morgan fingerprint density at radius 1 is 1.00 bits per heavy atom. The van der Waals surface area contributed by atoms with Crippen molar-refractivity contribution in [2.75, 3.05) is 18.0 Å². The summed E-state index contributed by atoms with van der Waals surface area (Å²) in [7, 11) is 0. The van der Waals surface area contributed by atoms with Crippen molar-refractivity contribution in [2.24, 2.45) is 23.7 Å². The number of ether oxygens (including phenoxy) is 1. The molecular weight excluding hydrogens is 540 g/mol. The fraction of sp³-hybridized carbons (Fsp3) is 0.406. The highest BCUT2D eigenvalue weighted by atomic mass is 19.3. The third-order valence-electron chi connectivity index (χ3n) is 9.14. The summed E-state index contributed by atoms with van der Waals surface area (Å²) in [6, 6.07) is 10.3. The zero-order valence-electron chi connectivity index (χ0n) is 23.4. The van der Waals surface area contributed by atoms with E-state index in [-0.39, 0.29) is 29.8 Å². The van der Waals surface area contributed by atoms with Gasteiger partial charge in [0.25, 0.3) is 0 Å². The van der Waals surface area contributed by atoms with Gasteiger partial charge in [-0.15, -0.1) is 0 Å². The van der Waals surface area contributed by atoms with Crippen LogP contribution in [0.4, 0.5) is 14.7 Å². The van der Waals surface area contributed by atoms with Crippen molar-refractivity contribution in [3.63, 3.8) is 0 Å². The number of carbonyl (C=O) groups is 2. The van der Waals surface area contributed by atoms with Gasteiger partial charge in [-0.3, -0.25) is 9.59 Å². The number of benzene rings is 1. The zero-order chi connectivity index (χ0) is 29.1. The van der Waals surface area contributed by atoms with Crippen LogP contribution in [0.5, 0.6) is 5.75 Å². The fourth-order valence-electron chi connectivity index (χ4n) is 7.25. The van der Waals surface area contributed by atoms with E-state index in [2.05, 4.69) is 9.88 Å². The summed E-state index contributed by atoms with van der Waals surface area (Å²) in [5, 5.41) is 0. The van der Waals surface area contributed by atoms with Crippen LogP contribution in [0.1, 0.15) is 60.8 Å². The maximum absolute atomic E-state index is 13.1. The lowest BCUT2D eigenvalue weighted by Gasteiger charge is -2.37. The number of para-hydroxylation sites is 1. The Morgan fingerprint density at radius 2 is 1.71 bits per heavy atom. The van der Waals surface area contributed by atoms with Crippen molar-refractivity contribution in [3.8, 4) is 16.9 Å². The molecule has 2 fully saturated rings. The van der Waals surface area contributed by atoms with Gasteiger partial charge in [-0.25, -0.2) is 15.0 Å². The van der Waals surface area contributed by atoms with Crippen LogP contribution >= 0.6 is 0 Å². The standard InChI is InChI=1S/C32H31F2N5O3/c1-17(2)30(41)27-19-7-8-20(27)15-38(14-19)32-35-12-21(13-36-32)18-9-10-26-37-28-24(40)11-23(29(28)39(26)16-18)22-5-3-4-6-25(22)42-31(33)34/h3-6,9-10,12-13,16-17,19-20,23,27,31H,7-8,11,14-15H2,1-2H3/t19-,20+,23-,27?/m1/s1. The smallest absolute Gasteiger partial charge is 0.387 e. The molecule has 1 saturated heterocycles. The number of aromatic nitrogens is 4. The second kappa shape index (κ2) is 10.3. The van der Waals surface area contributed by atoms with E-state index in [1.54, 1.807) is 30.6 Å². The Labute approximate surface area is 241 Å². The summed E-state index contributed by atoms with van der Waals surface area (Å²) in [6.45, 7) is 2.59. The molecular formula is C32H31F2N5O3. The van der Waals surface area contributed by atoms with Gasteiger partial charge in [0.15, 0.2) is 5.78 Å². The van der Waals surface area contributed by atoms with Gasteiger partial charge in [0.2, 0.25) is 5.95 Å². The molecule has 1 unspecified atom stereocenters. The van der Waals surface area contributed by atoms with Crippen LogP contribution in [-0.4, -0.2) is 50.6 Å². The molecule has 1 saturated carbocycles.